The number of benzene rings is 1. The molecule has 2 fully saturated rings. The second-order valence-corrected chi connectivity index (χ2v) is 8.38. The van der Waals surface area contributed by atoms with E-state index in [9.17, 15) is 4.79 Å². The molecule has 4 heterocycles. The van der Waals surface area contributed by atoms with Crippen LogP contribution in [0.3, 0.4) is 0 Å². The minimum absolute atomic E-state index is 0.0392. The average Bonchev–Trinajstić information content (AvgIpc) is 3.43. The van der Waals surface area contributed by atoms with Gasteiger partial charge in [0.05, 0.1) is 6.54 Å². The molecule has 0 atom stereocenters. The predicted octanol–water partition coefficient (Wildman–Crippen LogP) is 1.63. The van der Waals surface area contributed by atoms with Gasteiger partial charge in [-0.25, -0.2) is 4.68 Å². The van der Waals surface area contributed by atoms with Gasteiger partial charge in [0, 0.05) is 51.4 Å². The van der Waals surface area contributed by atoms with Crippen LogP contribution in [0.5, 0.6) is 0 Å². The van der Waals surface area contributed by atoms with E-state index in [2.05, 4.69) is 31.9 Å². The van der Waals surface area contributed by atoms with Gasteiger partial charge in [-0.1, -0.05) is 30.3 Å². The zero-order valence-corrected chi connectivity index (χ0v) is 17.5. The summed E-state index contributed by atoms with van der Waals surface area (Å²) in [7, 11) is 2.17. The van der Waals surface area contributed by atoms with Crippen LogP contribution in [0.25, 0.3) is 22.3 Å². The maximum atomic E-state index is 13.5. The molecule has 0 spiro atoms. The Bertz CT molecular complexity index is 1060. The van der Waals surface area contributed by atoms with E-state index in [-0.39, 0.29) is 5.43 Å². The fourth-order valence-electron chi connectivity index (χ4n) is 4.46. The number of rotatable bonds is 5. The first kappa shape index (κ1) is 19.3. The van der Waals surface area contributed by atoms with Gasteiger partial charge in [0.2, 0.25) is 5.43 Å². The lowest BCUT2D eigenvalue weighted by molar-refractivity contribution is 0.149. The summed E-state index contributed by atoms with van der Waals surface area (Å²) in [6.07, 6.45) is 2.29. The second kappa shape index (κ2) is 8.20. The molecule has 5 rings (SSSR count). The highest BCUT2D eigenvalue weighted by molar-refractivity contribution is 5.90. The number of hydrogen-bond acceptors (Lipinski definition) is 6. The lowest BCUT2D eigenvalue weighted by atomic mass is 10.1. The van der Waals surface area contributed by atoms with E-state index >= 15 is 0 Å². The summed E-state index contributed by atoms with van der Waals surface area (Å²) in [5.41, 5.74) is 1.98. The van der Waals surface area contributed by atoms with Crippen molar-refractivity contribution in [3.05, 3.63) is 40.6 Å². The van der Waals surface area contributed by atoms with E-state index in [0.717, 1.165) is 82.2 Å². The third-order valence-corrected chi connectivity index (χ3v) is 6.33. The standard InChI is InChI=1S/C22H29N7O/c1-26-11-13-27(14-12-26)15-16-29-21-18(22(25-29)28-9-5-6-10-28)20(30)19(23-24-21)17-7-3-2-4-8-17/h2-4,7-8H,5-6,9-16H2,1H3,(H,24,30). The Balaban J connectivity index is 1.52. The Hall–Kier alpha value is -2.71. The van der Waals surface area contributed by atoms with Crippen molar-refractivity contribution in [2.75, 3.05) is 57.8 Å². The summed E-state index contributed by atoms with van der Waals surface area (Å²) in [6, 6.07) is 9.67. The van der Waals surface area contributed by atoms with Crippen molar-refractivity contribution < 1.29 is 0 Å². The summed E-state index contributed by atoms with van der Waals surface area (Å²) in [5, 5.41) is 13.2. The van der Waals surface area contributed by atoms with Crippen LogP contribution in [-0.2, 0) is 6.54 Å². The molecule has 2 saturated heterocycles. The molecule has 0 aliphatic carbocycles. The van der Waals surface area contributed by atoms with E-state index < -0.39 is 0 Å². The molecule has 8 nitrogen and oxygen atoms in total. The SMILES string of the molecule is CN1CCN(CCn2nc(N3CCCC3)c3c(=O)c(-c4ccccc4)n[nH]c32)CC1. The highest BCUT2D eigenvalue weighted by atomic mass is 16.1. The third-order valence-electron chi connectivity index (χ3n) is 6.33. The Labute approximate surface area is 176 Å². The van der Waals surface area contributed by atoms with Crippen molar-refractivity contribution in [3.8, 4) is 11.3 Å². The summed E-state index contributed by atoms with van der Waals surface area (Å²) in [5.74, 6) is 0.807. The molecule has 0 bridgehead atoms. The molecule has 0 amide bonds. The topological polar surface area (TPSA) is 73.3 Å². The normalized spacial score (nSPS) is 18.5. The monoisotopic (exact) mass is 407 g/mol. The number of aromatic nitrogens is 4. The van der Waals surface area contributed by atoms with Gasteiger partial charge in [0.1, 0.15) is 11.1 Å². The number of nitrogens with zero attached hydrogens (tertiary/aromatic N) is 6. The molecular weight excluding hydrogens is 378 g/mol. The van der Waals surface area contributed by atoms with Gasteiger partial charge in [-0.3, -0.25) is 14.8 Å². The molecule has 8 heteroatoms. The number of hydrogen-bond donors (Lipinski definition) is 1. The van der Waals surface area contributed by atoms with E-state index in [1.165, 1.54) is 0 Å². The number of nitrogens with one attached hydrogen (secondary N) is 1. The van der Waals surface area contributed by atoms with Gasteiger partial charge in [-0.2, -0.15) is 10.2 Å². The van der Waals surface area contributed by atoms with Gasteiger partial charge in [-0.15, -0.1) is 0 Å². The van der Waals surface area contributed by atoms with E-state index in [1.807, 2.05) is 35.0 Å². The van der Waals surface area contributed by atoms with Crippen molar-refractivity contribution in [1.29, 1.82) is 0 Å². The molecular formula is C22H29N7O. The zero-order chi connectivity index (χ0) is 20.5. The zero-order valence-electron chi connectivity index (χ0n) is 17.5. The van der Waals surface area contributed by atoms with Crippen LogP contribution in [0.4, 0.5) is 5.82 Å². The van der Waals surface area contributed by atoms with Gasteiger partial charge in [0.25, 0.3) is 0 Å². The Morgan fingerprint density at radius 2 is 1.70 bits per heavy atom. The number of anilines is 1. The van der Waals surface area contributed by atoms with Crippen LogP contribution < -0.4 is 10.3 Å². The van der Waals surface area contributed by atoms with Crippen molar-refractivity contribution in [3.63, 3.8) is 0 Å². The van der Waals surface area contributed by atoms with Crippen LogP contribution in [0.15, 0.2) is 35.1 Å². The molecule has 3 aromatic rings. The fourth-order valence-corrected chi connectivity index (χ4v) is 4.46. The minimum atomic E-state index is -0.0392. The number of H-pyrrole nitrogens is 1. The molecule has 1 N–H and O–H groups in total. The highest BCUT2D eigenvalue weighted by Crippen LogP contribution is 2.26. The van der Waals surface area contributed by atoms with E-state index in [4.69, 9.17) is 5.10 Å². The van der Waals surface area contributed by atoms with Crippen LogP contribution in [0.1, 0.15) is 12.8 Å². The van der Waals surface area contributed by atoms with Crippen LogP contribution in [0, 0.1) is 0 Å². The number of likely N-dealkylation sites (N-methyl/N-ethyl adjacent to an activating group) is 1. The molecule has 2 aromatic heterocycles. The Kier molecular flexibility index (Phi) is 5.26. The molecule has 0 saturated carbocycles. The van der Waals surface area contributed by atoms with Gasteiger partial charge in [0.15, 0.2) is 11.5 Å². The maximum Gasteiger partial charge on any atom is 0.221 e. The number of piperazine rings is 1. The van der Waals surface area contributed by atoms with E-state index in [1.54, 1.807) is 0 Å². The van der Waals surface area contributed by atoms with Crippen LogP contribution in [0.2, 0.25) is 0 Å². The lowest BCUT2D eigenvalue weighted by Crippen LogP contribution is -2.45. The summed E-state index contributed by atoms with van der Waals surface area (Å²) in [6.45, 7) is 7.90. The largest absolute Gasteiger partial charge is 0.354 e. The Morgan fingerprint density at radius 1 is 0.967 bits per heavy atom. The van der Waals surface area contributed by atoms with Crippen molar-refractivity contribution in [1.82, 2.24) is 29.8 Å². The van der Waals surface area contributed by atoms with E-state index in [0.29, 0.717) is 11.1 Å². The van der Waals surface area contributed by atoms with Crippen LogP contribution in [-0.4, -0.2) is 82.6 Å². The smallest absolute Gasteiger partial charge is 0.221 e. The quantitative estimate of drug-likeness (QED) is 0.693. The summed E-state index contributed by atoms with van der Waals surface area (Å²) >= 11 is 0. The maximum absolute atomic E-state index is 13.5. The second-order valence-electron chi connectivity index (χ2n) is 8.38. The highest BCUT2D eigenvalue weighted by Gasteiger charge is 2.25. The van der Waals surface area contributed by atoms with Gasteiger partial charge < -0.3 is 9.80 Å². The molecule has 0 unspecified atom stereocenters. The molecule has 2 aliphatic rings. The summed E-state index contributed by atoms with van der Waals surface area (Å²) in [4.78, 5) is 20.6. The first-order valence-corrected chi connectivity index (χ1v) is 10.9. The minimum Gasteiger partial charge on any atom is -0.354 e. The third kappa shape index (κ3) is 3.61. The van der Waals surface area contributed by atoms with Crippen molar-refractivity contribution in [2.45, 2.75) is 19.4 Å². The first-order valence-electron chi connectivity index (χ1n) is 10.9. The summed E-state index contributed by atoms with van der Waals surface area (Å²) < 4.78 is 1.95. The van der Waals surface area contributed by atoms with Crippen LogP contribution >= 0.6 is 0 Å². The fraction of sp³-hybridized carbons (Fsp3) is 0.500. The van der Waals surface area contributed by atoms with Gasteiger partial charge in [-0.05, 0) is 19.9 Å². The predicted molar refractivity (Wildman–Crippen MR) is 119 cm³/mol. The molecule has 1 aromatic carbocycles. The van der Waals surface area contributed by atoms with Gasteiger partial charge >= 0.3 is 0 Å². The number of aromatic amines is 1. The lowest BCUT2D eigenvalue weighted by Gasteiger charge is -2.32. The first-order chi connectivity index (χ1) is 14.7. The van der Waals surface area contributed by atoms with Crippen molar-refractivity contribution >= 4 is 16.9 Å². The molecule has 30 heavy (non-hydrogen) atoms. The number of fused-ring (bicyclic) bond motifs is 1. The molecule has 2 aliphatic heterocycles. The molecule has 0 radical (unpaired) electrons. The molecule has 158 valence electrons. The Morgan fingerprint density at radius 3 is 2.43 bits per heavy atom. The average molecular weight is 408 g/mol. The van der Waals surface area contributed by atoms with Crippen molar-refractivity contribution in [2.24, 2.45) is 0 Å².